The highest BCUT2D eigenvalue weighted by atomic mass is 16.2. The van der Waals surface area contributed by atoms with Crippen LogP contribution in [-0.4, -0.2) is 47.7 Å². The standard InChI is InChI=1S/C14H22N4O2/c1-14(2,3)13-11(15-9-16-13)6-10(8-19)17-12(20)7-18(4)5/h6,8-9H,7H2,1-5H3,(H,15,16)(H,17,20)/b10-6-. The van der Waals surface area contributed by atoms with E-state index in [1.54, 1.807) is 31.4 Å². The summed E-state index contributed by atoms with van der Waals surface area (Å²) in [6.45, 7) is 6.35. The van der Waals surface area contributed by atoms with Crippen molar-refractivity contribution < 1.29 is 9.59 Å². The zero-order valence-corrected chi connectivity index (χ0v) is 12.7. The summed E-state index contributed by atoms with van der Waals surface area (Å²) in [5.74, 6) is -0.235. The number of nitrogens with one attached hydrogen (secondary N) is 2. The normalized spacial score (nSPS) is 12.6. The van der Waals surface area contributed by atoms with Crippen molar-refractivity contribution in [1.29, 1.82) is 0 Å². The topological polar surface area (TPSA) is 78.1 Å². The van der Waals surface area contributed by atoms with Gasteiger partial charge in [0.05, 0.1) is 24.3 Å². The molecule has 0 unspecified atom stereocenters. The molecular formula is C14H22N4O2. The van der Waals surface area contributed by atoms with Gasteiger partial charge < -0.3 is 15.2 Å². The van der Waals surface area contributed by atoms with Crippen LogP contribution in [0.1, 0.15) is 32.2 Å². The van der Waals surface area contributed by atoms with E-state index in [1.165, 1.54) is 0 Å². The minimum Gasteiger partial charge on any atom is -0.348 e. The molecule has 6 nitrogen and oxygen atoms in total. The minimum absolute atomic E-state index is 0.121. The summed E-state index contributed by atoms with van der Waals surface area (Å²) in [5.41, 5.74) is 1.65. The van der Waals surface area contributed by atoms with E-state index in [1.807, 2.05) is 20.8 Å². The SMILES string of the molecule is CN(C)CC(=O)N/C(C=O)=C\c1nc[nH]c1C(C)(C)C. The van der Waals surface area contributed by atoms with Crippen LogP contribution in [0.15, 0.2) is 12.0 Å². The van der Waals surface area contributed by atoms with Crippen molar-refractivity contribution in [3.8, 4) is 0 Å². The zero-order valence-electron chi connectivity index (χ0n) is 12.7. The Balaban J connectivity index is 2.93. The predicted molar refractivity (Wildman–Crippen MR) is 78.0 cm³/mol. The van der Waals surface area contributed by atoms with E-state index in [2.05, 4.69) is 15.3 Å². The van der Waals surface area contributed by atoms with Gasteiger partial charge in [-0.05, 0) is 20.2 Å². The van der Waals surface area contributed by atoms with Gasteiger partial charge in [-0.1, -0.05) is 20.8 Å². The predicted octanol–water partition coefficient (Wildman–Crippen LogP) is 0.925. The number of allylic oxidation sites excluding steroid dienone is 1. The molecule has 0 aromatic carbocycles. The largest absolute Gasteiger partial charge is 0.348 e. The number of carbonyl (C=O) groups is 2. The number of rotatable bonds is 5. The van der Waals surface area contributed by atoms with Gasteiger partial charge >= 0.3 is 0 Å². The summed E-state index contributed by atoms with van der Waals surface area (Å²) in [4.78, 5) is 31.7. The molecule has 0 bridgehead atoms. The third kappa shape index (κ3) is 4.62. The second-order valence-corrected chi connectivity index (χ2v) is 5.92. The van der Waals surface area contributed by atoms with Gasteiger partial charge in [0.15, 0.2) is 6.29 Å². The van der Waals surface area contributed by atoms with Gasteiger partial charge in [-0.2, -0.15) is 0 Å². The molecule has 1 heterocycles. The van der Waals surface area contributed by atoms with Crippen molar-refractivity contribution in [1.82, 2.24) is 20.2 Å². The van der Waals surface area contributed by atoms with Crippen LogP contribution >= 0.6 is 0 Å². The van der Waals surface area contributed by atoms with Gasteiger partial charge in [-0.3, -0.25) is 9.59 Å². The van der Waals surface area contributed by atoms with Gasteiger partial charge in [0.1, 0.15) is 0 Å². The van der Waals surface area contributed by atoms with Crippen molar-refractivity contribution >= 4 is 18.3 Å². The number of hydrogen-bond acceptors (Lipinski definition) is 4. The molecule has 1 amide bonds. The second-order valence-electron chi connectivity index (χ2n) is 5.92. The molecule has 0 saturated heterocycles. The molecule has 0 aliphatic rings. The highest BCUT2D eigenvalue weighted by Gasteiger charge is 2.19. The van der Waals surface area contributed by atoms with Crippen molar-refractivity contribution in [3.63, 3.8) is 0 Å². The van der Waals surface area contributed by atoms with E-state index < -0.39 is 0 Å². The molecule has 0 aliphatic heterocycles. The first-order valence-electron chi connectivity index (χ1n) is 6.39. The van der Waals surface area contributed by atoms with Gasteiger partial charge in [0.2, 0.25) is 5.91 Å². The Hall–Kier alpha value is -1.95. The first kappa shape index (κ1) is 16.1. The average molecular weight is 278 g/mol. The highest BCUT2D eigenvalue weighted by Crippen LogP contribution is 2.23. The Bertz CT molecular complexity index is 509. The molecule has 6 heteroatoms. The van der Waals surface area contributed by atoms with Crippen LogP contribution in [-0.2, 0) is 15.0 Å². The molecule has 1 aromatic heterocycles. The summed E-state index contributed by atoms with van der Waals surface area (Å²) in [6, 6.07) is 0. The maximum atomic E-state index is 11.7. The molecule has 0 spiro atoms. The van der Waals surface area contributed by atoms with Crippen LogP contribution in [0, 0.1) is 0 Å². The van der Waals surface area contributed by atoms with Gasteiger partial charge in [0, 0.05) is 11.1 Å². The van der Waals surface area contributed by atoms with Crippen LogP contribution in [0.5, 0.6) is 0 Å². The van der Waals surface area contributed by atoms with E-state index >= 15 is 0 Å². The third-order valence-electron chi connectivity index (χ3n) is 2.58. The number of hydrogen-bond donors (Lipinski definition) is 2. The average Bonchev–Trinajstić information content (AvgIpc) is 2.74. The van der Waals surface area contributed by atoms with Crippen LogP contribution in [0.4, 0.5) is 0 Å². The van der Waals surface area contributed by atoms with Crippen molar-refractivity contribution in [2.75, 3.05) is 20.6 Å². The van der Waals surface area contributed by atoms with Gasteiger partial charge in [0.25, 0.3) is 0 Å². The fraction of sp³-hybridized carbons (Fsp3) is 0.500. The van der Waals surface area contributed by atoms with E-state index in [9.17, 15) is 9.59 Å². The Morgan fingerprint density at radius 1 is 1.45 bits per heavy atom. The Morgan fingerprint density at radius 3 is 2.60 bits per heavy atom. The molecule has 0 aliphatic carbocycles. The molecule has 1 rings (SSSR count). The maximum absolute atomic E-state index is 11.7. The summed E-state index contributed by atoms with van der Waals surface area (Å²) in [7, 11) is 3.57. The maximum Gasteiger partial charge on any atom is 0.238 e. The number of amides is 1. The number of H-pyrrole nitrogens is 1. The van der Waals surface area contributed by atoms with E-state index in [0.29, 0.717) is 12.0 Å². The van der Waals surface area contributed by atoms with Crippen LogP contribution in [0.25, 0.3) is 6.08 Å². The van der Waals surface area contributed by atoms with Crippen LogP contribution in [0.3, 0.4) is 0 Å². The molecule has 110 valence electrons. The molecule has 1 aromatic rings. The number of likely N-dealkylation sites (N-methyl/N-ethyl adjacent to an activating group) is 1. The monoisotopic (exact) mass is 278 g/mol. The lowest BCUT2D eigenvalue weighted by atomic mass is 9.90. The number of carbonyl (C=O) groups excluding carboxylic acids is 2. The number of aromatic nitrogens is 2. The molecule has 0 saturated carbocycles. The zero-order chi connectivity index (χ0) is 15.3. The fourth-order valence-corrected chi connectivity index (χ4v) is 1.75. The molecule has 20 heavy (non-hydrogen) atoms. The number of aldehydes is 1. The Morgan fingerprint density at radius 2 is 2.10 bits per heavy atom. The number of imidazole rings is 1. The minimum atomic E-state index is -0.235. The van der Waals surface area contributed by atoms with E-state index in [4.69, 9.17) is 0 Å². The second kappa shape index (κ2) is 6.47. The molecule has 0 radical (unpaired) electrons. The van der Waals surface area contributed by atoms with Crippen molar-refractivity contribution in [2.24, 2.45) is 0 Å². The van der Waals surface area contributed by atoms with Gasteiger partial charge in [-0.15, -0.1) is 0 Å². The summed E-state index contributed by atoms with van der Waals surface area (Å²) >= 11 is 0. The van der Waals surface area contributed by atoms with E-state index in [0.717, 1.165) is 5.69 Å². The molecular weight excluding hydrogens is 256 g/mol. The Labute approximate surface area is 119 Å². The molecule has 0 fully saturated rings. The summed E-state index contributed by atoms with van der Waals surface area (Å²) in [5, 5.41) is 2.57. The van der Waals surface area contributed by atoms with Crippen molar-refractivity contribution in [3.05, 3.63) is 23.4 Å². The highest BCUT2D eigenvalue weighted by molar-refractivity contribution is 5.90. The van der Waals surface area contributed by atoms with Gasteiger partial charge in [-0.25, -0.2) is 4.98 Å². The van der Waals surface area contributed by atoms with E-state index in [-0.39, 0.29) is 23.6 Å². The quantitative estimate of drug-likeness (QED) is 0.620. The third-order valence-corrected chi connectivity index (χ3v) is 2.58. The Kier molecular flexibility index (Phi) is 5.21. The van der Waals surface area contributed by atoms with Crippen LogP contribution < -0.4 is 5.32 Å². The number of aromatic amines is 1. The van der Waals surface area contributed by atoms with Crippen molar-refractivity contribution in [2.45, 2.75) is 26.2 Å². The lowest BCUT2D eigenvalue weighted by Crippen LogP contribution is -2.33. The smallest absolute Gasteiger partial charge is 0.238 e. The summed E-state index contributed by atoms with van der Waals surface area (Å²) in [6.07, 6.45) is 3.78. The first-order chi connectivity index (χ1) is 9.24. The lowest BCUT2D eigenvalue weighted by Gasteiger charge is -2.17. The van der Waals surface area contributed by atoms with Crippen LogP contribution in [0.2, 0.25) is 0 Å². The summed E-state index contributed by atoms with van der Waals surface area (Å²) < 4.78 is 0. The lowest BCUT2D eigenvalue weighted by molar-refractivity contribution is -0.121. The molecule has 0 atom stereocenters. The number of nitrogens with zero attached hydrogens (tertiary/aromatic N) is 2. The molecule has 2 N–H and O–H groups in total. The fourth-order valence-electron chi connectivity index (χ4n) is 1.75. The first-order valence-corrected chi connectivity index (χ1v) is 6.39.